The van der Waals surface area contributed by atoms with Gasteiger partial charge in [0.2, 0.25) is 0 Å². The molecule has 0 unspecified atom stereocenters. The zero-order chi connectivity index (χ0) is 14.8. The molecule has 3 rings (SSSR count). The fourth-order valence-corrected chi connectivity index (χ4v) is 3.16. The molecule has 3 aromatic rings. The molecule has 0 spiro atoms. The summed E-state index contributed by atoms with van der Waals surface area (Å²) in [5, 5.41) is 19.6. The monoisotopic (exact) mass is 321 g/mol. The Hall–Kier alpha value is -1.92. The van der Waals surface area contributed by atoms with Crippen molar-refractivity contribution in [3.05, 3.63) is 51.1 Å². The van der Waals surface area contributed by atoms with E-state index < -0.39 is 5.97 Å². The largest absolute Gasteiger partial charge is 0.478 e. The molecule has 5 nitrogen and oxygen atoms in total. The summed E-state index contributed by atoms with van der Waals surface area (Å²) in [6, 6.07) is 5.53. The van der Waals surface area contributed by atoms with E-state index in [1.807, 2.05) is 6.07 Å². The first-order valence-corrected chi connectivity index (χ1v) is 7.70. The van der Waals surface area contributed by atoms with Crippen LogP contribution in [-0.4, -0.2) is 25.7 Å². The Morgan fingerprint density at radius 2 is 2.24 bits per heavy atom. The molecule has 21 heavy (non-hydrogen) atoms. The van der Waals surface area contributed by atoms with Crippen molar-refractivity contribution in [3.8, 4) is 0 Å². The number of thiophene rings is 1. The van der Waals surface area contributed by atoms with E-state index in [2.05, 4.69) is 21.6 Å². The molecular weight excluding hydrogens is 310 g/mol. The summed E-state index contributed by atoms with van der Waals surface area (Å²) in [6.07, 6.45) is 4.14. The van der Waals surface area contributed by atoms with Gasteiger partial charge in [0, 0.05) is 17.5 Å². The van der Waals surface area contributed by atoms with Crippen LogP contribution in [0.2, 0.25) is 5.02 Å². The van der Waals surface area contributed by atoms with E-state index in [1.54, 1.807) is 15.7 Å². The lowest BCUT2D eigenvalue weighted by atomic mass is 10.2. The van der Waals surface area contributed by atoms with E-state index in [9.17, 15) is 4.79 Å². The van der Waals surface area contributed by atoms with Gasteiger partial charge in [0.25, 0.3) is 0 Å². The minimum Gasteiger partial charge on any atom is -0.478 e. The van der Waals surface area contributed by atoms with Crippen LogP contribution >= 0.6 is 22.9 Å². The molecular formula is C14H12ClN3O2S. The number of carboxylic acid groups (broad SMARTS) is 1. The van der Waals surface area contributed by atoms with E-state index in [1.165, 1.54) is 17.1 Å². The highest BCUT2D eigenvalue weighted by atomic mass is 35.5. The number of rotatable bonds is 5. The average molecular weight is 322 g/mol. The fraction of sp³-hybridized carbons (Fsp3) is 0.214. The van der Waals surface area contributed by atoms with Crippen molar-refractivity contribution < 1.29 is 9.90 Å². The standard InChI is InChI=1S/C14H12ClN3O2S/c15-11-7-9(14(19)20)8-18-12(16-17-13(11)18)5-1-3-10-4-2-6-21-10/h2,4,6-8H,1,3,5H2,(H,19,20). The molecule has 0 aliphatic carbocycles. The van der Waals surface area contributed by atoms with Crippen molar-refractivity contribution >= 4 is 34.6 Å². The van der Waals surface area contributed by atoms with Crippen molar-refractivity contribution in [1.82, 2.24) is 14.6 Å². The summed E-state index contributed by atoms with van der Waals surface area (Å²) >= 11 is 7.78. The van der Waals surface area contributed by atoms with Crippen molar-refractivity contribution in [3.63, 3.8) is 0 Å². The number of fused-ring (bicyclic) bond motifs is 1. The molecule has 0 aromatic carbocycles. The number of hydrogen-bond acceptors (Lipinski definition) is 4. The molecule has 0 saturated carbocycles. The number of aromatic carboxylic acids is 1. The summed E-state index contributed by atoms with van der Waals surface area (Å²) in [6.45, 7) is 0. The van der Waals surface area contributed by atoms with Crippen molar-refractivity contribution in [1.29, 1.82) is 0 Å². The third-order valence-electron chi connectivity index (χ3n) is 3.18. The van der Waals surface area contributed by atoms with E-state index in [0.29, 0.717) is 10.7 Å². The Kier molecular flexibility index (Phi) is 3.90. The molecule has 0 bridgehead atoms. The van der Waals surface area contributed by atoms with Crippen LogP contribution in [0.1, 0.15) is 27.5 Å². The second-order valence-electron chi connectivity index (χ2n) is 4.62. The van der Waals surface area contributed by atoms with E-state index >= 15 is 0 Å². The first-order chi connectivity index (χ1) is 10.1. The van der Waals surface area contributed by atoms with Gasteiger partial charge in [0.1, 0.15) is 5.82 Å². The summed E-state index contributed by atoms with van der Waals surface area (Å²) in [4.78, 5) is 12.4. The zero-order valence-electron chi connectivity index (χ0n) is 11.0. The molecule has 3 aromatic heterocycles. The third-order valence-corrected chi connectivity index (χ3v) is 4.40. The van der Waals surface area contributed by atoms with Gasteiger partial charge in [0.15, 0.2) is 5.65 Å². The lowest BCUT2D eigenvalue weighted by Crippen LogP contribution is -2.02. The lowest BCUT2D eigenvalue weighted by molar-refractivity contribution is 0.0696. The number of aryl methyl sites for hydroxylation is 2. The smallest absolute Gasteiger partial charge is 0.337 e. The molecule has 7 heteroatoms. The van der Waals surface area contributed by atoms with Crippen LogP contribution in [0.15, 0.2) is 29.8 Å². The van der Waals surface area contributed by atoms with Crippen molar-refractivity contribution in [2.24, 2.45) is 0 Å². The van der Waals surface area contributed by atoms with Crippen LogP contribution in [-0.2, 0) is 12.8 Å². The van der Waals surface area contributed by atoms with Gasteiger partial charge >= 0.3 is 5.97 Å². The SMILES string of the molecule is O=C(O)c1cc(Cl)c2nnc(CCCc3cccs3)n2c1. The number of pyridine rings is 1. The Morgan fingerprint density at radius 3 is 2.95 bits per heavy atom. The molecule has 108 valence electrons. The molecule has 0 saturated heterocycles. The number of nitrogens with zero attached hydrogens (tertiary/aromatic N) is 3. The average Bonchev–Trinajstić information content (AvgIpc) is 3.09. The highest BCUT2D eigenvalue weighted by molar-refractivity contribution is 7.09. The highest BCUT2D eigenvalue weighted by Gasteiger charge is 2.13. The van der Waals surface area contributed by atoms with E-state index in [-0.39, 0.29) is 5.56 Å². The molecule has 0 amide bonds. The summed E-state index contributed by atoms with van der Waals surface area (Å²) < 4.78 is 1.67. The quantitative estimate of drug-likeness (QED) is 0.782. The maximum atomic E-state index is 11.1. The molecule has 0 aliphatic heterocycles. The fourth-order valence-electron chi connectivity index (χ4n) is 2.16. The van der Waals surface area contributed by atoms with Gasteiger partial charge in [-0.15, -0.1) is 21.5 Å². The number of hydrogen-bond donors (Lipinski definition) is 1. The van der Waals surface area contributed by atoms with Crippen LogP contribution in [0.3, 0.4) is 0 Å². The first-order valence-electron chi connectivity index (χ1n) is 6.44. The first kappa shape index (κ1) is 14.0. The topological polar surface area (TPSA) is 67.5 Å². The Bertz CT molecular complexity index is 783. The van der Waals surface area contributed by atoms with Crippen LogP contribution in [0.4, 0.5) is 0 Å². The summed E-state index contributed by atoms with van der Waals surface area (Å²) in [5.41, 5.74) is 0.625. The molecule has 1 N–H and O–H groups in total. The normalized spacial score (nSPS) is 11.1. The number of carbonyl (C=O) groups is 1. The van der Waals surface area contributed by atoms with Gasteiger partial charge in [-0.1, -0.05) is 17.7 Å². The Morgan fingerprint density at radius 1 is 1.38 bits per heavy atom. The predicted molar refractivity (Wildman–Crippen MR) is 81.3 cm³/mol. The zero-order valence-corrected chi connectivity index (χ0v) is 12.6. The second-order valence-corrected chi connectivity index (χ2v) is 6.06. The number of aromatic nitrogens is 3. The number of halogens is 1. The lowest BCUT2D eigenvalue weighted by Gasteiger charge is -2.02. The van der Waals surface area contributed by atoms with Gasteiger partial charge in [-0.05, 0) is 30.4 Å². The van der Waals surface area contributed by atoms with Gasteiger partial charge in [-0.25, -0.2) is 4.79 Å². The Balaban J connectivity index is 1.83. The predicted octanol–water partition coefficient (Wildman–Crippen LogP) is 3.32. The van der Waals surface area contributed by atoms with Gasteiger partial charge in [0.05, 0.1) is 10.6 Å². The summed E-state index contributed by atoms with van der Waals surface area (Å²) in [7, 11) is 0. The maximum absolute atomic E-state index is 11.1. The molecule has 0 radical (unpaired) electrons. The van der Waals surface area contributed by atoms with Crippen molar-refractivity contribution in [2.45, 2.75) is 19.3 Å². The van der Waals surface area contributed by atoms with Crippen LogP contribution in [0.5, 0.6) is 0 Å². The minimum atomic E-state index is -1.02. The van der Waals surface area contributed by atoms with Gasteiger partial charge in [-0.2, -0.15) is 0 Å². The Labute approximate surface area is 129 Å². The third kappa shape index (κ3) is 2.91. The van der Waals surface area contributed by atoms with Crippen LogP contribution in [0.25, 0.3) is 5.65 Å². The van der Waals surface area contributed by atoms with Crippen LogP contribution < -0.4 is 0 Å². The summed E-state index contributed by atoms with van der Waals surface area (Å²) in [5.74, 6) is -0.288. The van der Waals surface area contributed by atoms with Gasteiger partial charge in [-0.3, -0.25) is 4.40 Å². The molecule has 0 aliphatic rings. The highest BCUT2D eigenvalue weighted by Crippen LogP contribution is 2.20. The molecule has 0 atom stereocenters. The molecule has 3 heterocycles. The van der Waals surface area contributed by atoms with E-state index in [0.717, 1.165) is 25.1 Å². The second kappa shape index (κ2) is 5.83. The number of carboxylic acids is 1. The minimum absolute atomic E-state index is 0.131. The van der Waals surface area contributed by atoms with Crippen LogP contribution in [0, 0.1) is 0 Å². The van der Waals surface area contributed by atoms with E-state index in [4.69, 9.17) is 16.7 Å². The molecule has 0 fully saturated rings. The van der Waals surface area contributed by atoms with Gasteiger partial charge < -0.3 is 5.11 Å². The van der Waals surface area contributed by atoms with Crippen molar-refractivity contribution in [2.75, 3.05) is 0 Å². The maximum Gasteiger partial charge on any atom is 0.337 e.